The third-order valence-electron chi connectivity index (χ3n) is 5.68. The molecular formula is C28H22BN5. The Hall–Kier alpha value is -4.32. The van der Waals surface area contributed by atoms with Gasteiger partial charge in [0.2, 0.25) is 7.98 Å². The number of hydrogen-bond acceptors (Lipinski definition) is 5. The topological polar surface area (TPSA) is 52.7 Å². The minimum absolute atomic E-state index is 0.776. The van der Waals surface area contributed by atoms with Gasteiger partial charge in [-0.15, -0.1) is 15.3 Å². The van der Waals surface area contributed by atoms with Crippen molar-refractivity contribution < 1.29 is 0 Å². The zero-order valence-corrected chi connectivity index (χ0v) is 19.1. The Balaban J connectivity index is 1.57. The van der Waals surface area contributed by atoms with Crippen LogP contribution in [0.2, 0.25) is 0 Å². The molecule has 0 aliphatic heterocycles. The molecule has 162 valence electrons. The largest absolute Gasteiger partial charge is 0.427 e. The Bertz CT molecular complexity index is 1540. The Morgan fingerprint density at radius 1 is 0.559 bits per heavy atom. The fraction of sp³-hybridized carbons (Fsp3) is 0.0714. The quantitative estimate of drug-likeness (QED) is 0.200. The summed E-state index contributed by atoms with van der Waals surface area (Å²) < 4.78 is 0. The molecule has 0 spiro atoms. The van der Waals surface area contributed by atoms with Crippen molar-refractivity contribution in [2.45, 2.75) is 6.92 Å². The van der Waals surface area contributed by atoms with E-state index in [4.69, 9.17) is 7.98 Å². The van der Waals surface area contributed by atoms with Crippen molar-refractivity contribution in [3.63, 3.8) is 0 Å². The highest BCUT2D eigenvalue weighted by atomic mass is 15.1. The lowest BCUT2D eigenvalue weighted by Crippen LogP contribution is -2.11. The van der Waals surface area contributed by atoms with Gasteiger partial charge in [0.15, 0.2) is 0 Å². The second-order valence-corrected chi connectivity index (χ2v) is 8.15. The van der Waals surface area contributed by atoms with Gasteiger partial charge in [-0.2, -0.15) is 5.11 Å². The van der Waals surface area contributed by atoms with E-state index in [-0.39, 0.29) is 0 Å². The molecule has 0 aliphatic carbocycles. The van der Waals surface area contributed by atoms with E-state index in [1.165, 1.54) is 0 Å². The molecule has 0 heterocycles. The molecule has 5 aromatic carbocycles. The molecule has 0 fully saturated rings. The smallest absolute Gasteiger partial charge is 0.226 e. The zero-order valence-electron chi connectivity index (χ0n) is 19.1. The number of nitrogens with zero attached hydrogens (tertiary/aromatic N) is 5. The zero-order chi connectivity index (χ0) is 23.5. The first kappa shape index (κ1) is 21.5. The lowest BCUT2D eigenvalue weighted by molar-refractivity contribution is 1.23. The molecule has 5 aromatic rings. The predicted octanol–water partition coefficient (Wildman–Crippen LogP) is 8.65. The second-order valence-electron chi connectivity index (χ2n) is 8.15. The van der Waals surface area contributed by atoms with Gasteiger partial charge >= 0.3 is 0 Å². The molecule has 0 saturated carbocycles. The Labute approximate surface area is 199 Å². The fourth-order valence-corrected chi connectivity index (χ4v) is 3.98. The van der Waals surface area contributed by atoms with E-state index in [1.807, 2.05) is 85.9 Å². The fourth-order valence-electron chi connectivity index (χ4n) is 3.98. The van der Waals surface area contributed by atoms with Crippen molar-refractivity contribution in [1.82, 2.24) is 0 Å². The van der Waals surface area contributed by atoms with Crippen LogP contribution in [0.15, 0.2) is 118 Å². The summed E-state index contributed by atoms with van der Waals surface area (Å²) in [6.07, 6.45) is 0. The summed E-state index contributed by atoms with van der Waals surface area (Å²) in [5.74, 6) is 0. The maximum Gasteiger partial charge on any atom is 0.226 e. The van der Waals surface area contributed by atoms with Crippen molar-refractivity contribution in [2.24, 2.45) is 20.5 Å². The van der Waals surface area contributed by atoms with Gasteiger partial charge in [-0.3, -0.25) is 0 Å². The van der Waals surface area contributed by atoms with Crippen molar-refractivity contribution in [3.05, 3.63) is 103 Å². The highest BCUT2D eigenvalue weighted by Crippen LogP contribution is 2.38. The molecule has 0 atom stereocenters. The van der Waals surface area contributed by atoms with Crippen LogP contribution in [0.25, 0.3) is 21.5 Å². The van der Waals surface area contributed by atoms with E-state index < -0.39 is 0 Å². The van der Waals surface area contributed by atoms with Gasteiger partial charge in [-0.05, 0) is 56.4 Å². The van der Waals surface area contributed by atoms with E-state index in [1.54, 1.807) is 4.81 Å². The lowest BCUT2D eigenvalue weighted by Gasteiger charge is -2.16. The van der Waals surface area contributed by atoms with Gasteiger partial charge in [0, 0.05) is 27.2 Å². The van der Waals surface area contributed by atoms with Crippen LogP contribution >= 0.6 is 0 Å². The minimum atomic E-state index is 0.776. The lowest BCUT2D eigenvalue weighted by atomic mass is 10.0. The third-order valence-corrected chi connectivity index (χ3v) is 5.68. The summed E-state index contributed by atoms with van der Waals surface area (Å²) in [6, 6.07) is 31.8. The van der Waals surface area contributed by atoms with Crippen LogP contribution in [0.5, 0.6) is 0 Å². The predicted molar refractivity (Wildman–Crippen MR) is 142 cm³/mol. The molecule has 0 amide bonds. The van der Waals surface area contributed by atoms with Crippen molar-refractivity contribution >= 4 is 58.0 Å². The average Bonchev–Trinajstić information content (AvgIpc) is 2.86. The Morgan fingerprint density at radius 2 is 1.12 bits per heavy atom. The van der Waals surface area contributed by atoms with E-state index in [0.29, 0.717) is 0 Å². The van der Waals surface area contributed by atoms with Gasteiger partial charge in [-0.25, -0.2) is 0 Å². The molecule has 2 radical (unpaired) electrons. The first-order valence-electron chi connectivity index (χ1n) is 11.0. The summed E-state index contributed by atoms with van der Waals surface area (Å²) in [5.41, 5.74) is 5.24. The number of hydrogen-bond donors (Lipinski definition) is 0. The summed E-state index contributed by atoms with van der Waals surface area (Å²) in [7, 11) is 7.84. The second kappa shape index (κ2) is 9.28. The molecule has 0 aromatic heterocycles. The van der Waals surface area contributed by atoms with Crippen LogP contribution in [0.4, 0.5) is 28.4 Å². The van der Waals surface area contributed by atoms with Crippen molar-refractivity contribution in [2.75, 3.05) is 11.9 Å². The third kappa shape index (κ3) is 4.30. The molecule has 0 N–H and O–H groups in total. The number of benzene rings is 5. The number of fused-ring (bicyclic) bond motifs is 2. The van der Waals surface area contributed by atoms with E-state index >= 15 is 0 Å². The van der Waals surface area contributed by atoms with Crippen molar-refractivity contribution in [1.29, 1.82) is 0 Å². The number of azo groups is 2. The first-order valence-corrected chi connectivity index (χ1v) is 11.0. The standard InChI is InChI=1S/C28H22BN5/c1-19-12-13-22-24(18-19)27(31-30-20-8-4-3-5-9-20)15-14-25(22)32-33-26-16-17-28(34(2)29)23-11-7-6-10-21(23)26/h3-18H,1-2H3. The summed E-state index contributed by atoms with van der Waals surface area (Å²) >= 11 is 0. The Kier molecular flexibility index (Phi) is 5.87. The molecule has 0 bridgehead atoms. The maximum absolute atomic E-state index is 6.01. The minimum Gasteiger partial charge on any atom is -0.427 e. The number of anilines is 1. The van der Waals surface area contributed by atoms with E-state index in [0.717, 1.165) is 55.5 Å². The average molecular weight is 439 g/mol. The van der Waals surface area contributed by atoms with Crippen LogP contribution in [-0.2, 0) is 0 Å². The first-order chi connectivity index (χ1) is 16.6. The van der Waals surface area contributed by atoms with Gasteiger partial charge in [0.25, 0.3) is 0 Å². The molecule has 5 rings (SSSR count). The van der Waals surface area contributed by atoms with Gasteiger partial charge in [0.05, 0.1) is 22.7 Å². The summed E-state index contributed by atoms with van der Waals surface area (Å²) in [6.45, 7) is 2.06. The molecule has 0 unspecified atom stereocenters. The monoisotopic (exact) mass is 439 g/mol. The molecule has 0 aliphatic rings. The maximum atomic E-state index is 6.01. The number of aryl methyl sites for hydroxylation is 1. The van der Waals surface area contributed by atoms with Gasteiger partial charge in [-0.1, -0.05) is 60.2 Å². The molecule has 6 heteroatoms. The summed E-state index contributed by atoms with van der Waals surface area (Å²) in [4.78, 5) is 1.61. The van der Waals surface area contributed by atoms with Gasteiger partial charge in [0.1, 0.15) is 0 Å². The molecule has 0 saturated heterocycles. The molecule has 5 nitrogen and oxygen atoms in total. The van der Waals surface area contributed by atoms with E-state index in [9.17, 15) is 0 Å². The summed E-state index contributed by atoms with van der Waals surface area (Å²) in [5, 5.41) is 22.1. The van der Waals surface area contributed by atoms with Crippen LogP contribution < -0.4 is 4.81 Å². The van der Waals surface area contributed by atoms with Gasteiger partial charge < -0.3 is 4.81 Å². The van der Waals surface area contributed by atoms with Crippen LogP contribution in [0.3, 0.4) is 0 Å². The SMILES string of the molecule is [B]N(C)c1ccc(N=Nc2ccc(N=Nc3ccccc3)c3cc(C)ccc23)c2ccccc12. The van der Waals surface area contributed by atoms with Crippen LogP contribution in [0, 0.1) is 6.92 Å². The van der Waals surface area contributed by atoms with Crippen molar-refractivity contribution in [3.8, 4) is 0 Å². The van der Waals surface area contributed by atoms with Crippen LogP contribution in [0.1, 0.15) is 5.56 Å². The highest BCUT2D eigenvalue weighted by molar-refractivity contribution is 6.20. The molecular weight excluding hydrogens is 417 g/mol. The molecule has 34 heavy (non-hydrogen) atoms. The highest BCUT2D eigenvalue weighted by Gasteiger charge is 2.09. The normalized spacial score (nSPS) is 11.7. The van der Waals surface area contributed by atoms with E-state index in [2.05, 4.69) is 45.6 Å². The number of rotatable bonds is 5. The Morgan fingerprint density at radius 3 is 1.82 bits per heavy atom. The van der Waals surface area contributed by atoms with Crippen LogP contribution in [-0.4, -0.2) is 15.0 Å².